The molecule has 0 heterocycles. The molecule has 24 heavy (non-hydrogen) atoms. The molecule has 0 aromatic heterocycles. The van der Waals surface area contributed by atoms with Crippen LogP contribution >= 0.6 is 0 Å². The number of hydrogen-bond acceptors (Lipinski definition) is 3. The molecule has 0 bridgehead atoms. The predicted octanol–water partition coefficient (Wildman–Crippen LogP) is 0.507. The molecule has 6 heteroatoms. The third-order valence-electron chi connectivity index (χ3n) is 3.45. The summed E-state index contributed by atoms with van der Waals surface area (Å²) >= 11 is 0. The van der Waals surface area contributed by atoms with E-state index in [2.05, 4.69) is 16.6 Å². The Morgan fingerprint density at radius 1 is 1.17 bits per heavy atom. The molecule has 0 fully saturated rings. The van der Waals surface area contributed by atoms with Crippen LogP contribution in [0.5, 0.6) is 0 Å². The summed E-state index contributed by atoms with van der Waals surface area (Å²) in [6, 6.07) is 7.71. The molecule has 0 saturated carbocycles. The number of nitrogens with one attached hydrogen (secondary N) is 2. The first-order chi connectivity index (χ1) is 11.4. The zero-order valence-electron chi connectivity index (χ0n) is 13.7. The van der Waals surface area contributed by atoms with E-state index in [4.69, 9.17) is 12.2 Å². The quantitative estimate of drug-likeness (QED) is 0.454. The summed E-state index contributed by atoms with van der Waals surface area (Å²) in [6.07, 6.45) is 6.94. The normalized spacial score (nSPS) is 12.5. The molecule has 6 nitrogen and oxygen atoms in total. The van der Waals surface area contributed by atoms with Gasteiger partial charge in [0.05, 0.1) is 0 Å². The van der Waals surface area contributed by atoms with Gasteiger partial charge in [-0.3, -0.25) is 14.4 Å². The molecule has 0 aliphatic rings. The minimum absolute atomic E-state index is 0.322. The summed E-state index contributed by atoms with van der Waals surface area (Å²) in [7, 11) is 0. The first-order valence-electron chi connectivity index (χ1n) is 7.78. The number of rotatable bonds is 9. The second-order valence-electron chi connectivity index (χ2n) is 5.50. The highest BCUT2D eigenvalue weighted by Gasteiger charge is 2.24. The lowest BCUT2D eigenvalue weighted by Gasteiger charge is -2.21. The number of unbranched alkanes of at least 4 members (excludes halogenated alkanes) is 1. The number of nitrogens with two attached hydrogens (primary N) is 1. The van der Waals surface area contributed by atoms with Gasteiger partial charge in [0, 0.05) is 19.8 Å². The van der Waals surface area contributed by atoms with E-state index in [1.54, 1.807) is 0 Å². The standard InChI is InChI=1S/C18H23N3O3/c1-3-4-6-11-15(17(19)23)21-18(24)16(20-13(2)22)12-14-9-7-5-8-10-14/h1,5,7-10,15-16H,4,6,11-12H2,2H3,(H2,19,23)(H,20,22)(H,21,24)/t15-,16-/m1/s1. The Bertz CT molecular complexity index is 608. The summed E-state index contributed by atoms with van der Waals surface area (Å²) in [4.78, 5) is 35.3. The first kappa shape index (κ1) is 19.2. The maximum absolute atomic E-state index is 12.5. The number of carbonyl (C=O) groups excluding carboxylic acids is 3. The maximum atomic E-state index is 12.5. The summed E-state index contributed by atoms with van der Waals surface area (Å²) in [5.74, 6) is 1.08. The fraction of sp³-hybridized carbons (Fsp3) is 0.389. The fourth-order valence-corrected chi connectivity index (χ4v) is 2.27. The Kier molecular flexibility index (Phi) is 8.06. The fourth-order valence-electron chi connectivity index (χ4n) is 2.27. The highest BCUT2D eigenvalue weighted by molar-refractivity contribution is 5.91. The molecule has 0 unspecified atom stereocenters. The molecule has 0 radical (unpaired) electrons. The zero-order valence-corrected chi connectivity index (χ0v) is 13.7. The monoisotopic (exact) mass is 329 g/mol. The Labute approximate surface area is 142 Å². The molecule has 1 aromatic rings. The average Bonchev–Trinajstić information content (AvgIpc) is 2.53. The van der Waals surface area contributed by atoms with Crippen LogP contribution in [0.25, 0.3) is 0 Å². The Morgan fingerprint density at radius 2 is 1.83 bits per heavy atom. The van der Waals surface area contributed by atoms with Gasteiger partial charge in [0.15, 0.2) is 0 Å². The summed E-state index contributed by atoms with van der Waals surface area (Å²) in [5, 5.41) is 5.21. The van der Waals surface area contributed by atoms with Gasteiger partial charge in [-0.15, -0.1) is 12.3 Å². The van der Waals surface area contributed by atoms with Crippen molar-refractivity contribution in [2.24, 2.45) is 5.73 Å². The van der Waals surface area contributed by atoms with Crippen LogP contribution in [0.1, 0.15) is 31.7 Å². The SMILES string of the molecule is C#CCCC[C@@H](NC(=O)[C@@H](Cc1ccccc1)NC(C)=O)C(N)=O. The lowest BCUT2D eigenvalue weighted by molar-refractivity contribution is -0.130. The number of carbonyl (C=O) groups is 3. The van der Waals surface area contributed by atoms with Crippen LogP contribution in [0, 0.1) is 12.3 Å². The van der Waals surface area contributed by atoms with Crippen molar-refractivity contribution in [2.75, 3.05) is 0 Å². The van der Waals surface area contributed by atoms with E-state index >= 15 is 0 Å². The Morgan fingerprint density at radius 3 is 2.38 bits per heavy atom. The molecule has 0 spiro atoms. The number of primary amides is 1. The Hall–Kier alpha value is -2.81. The van der Waals surface area contributed by atoms with Crippen molar-refractivity contribution in [3.63, 3.8) is 0 Å². The second-order valence-corrected chi connectivity index (χ2v) is 5.50. The number of amides is 3. The van der Waals surface area contributed by atoms with Crippen LogP contribution in [0.15, 0.2) is 30.3 Å². The molecule has 4 N–H and O–H groups in total. The van der Waals surface area contributed by atoms with E-state index in [-0.39, 0.29) is 5.91 Å². The average molecular weight is 329 g/mol. The van der Waals surface area contributed by atoms with Crippen LogP contribution in [-0.4, -0.2) is 29.8 Å². The van der Waals surface area contributed by atoms with Crippen molar-refractivity contribution in [2.45, 2.75) is 44.7 Å². The maximum Gasteiger partial charge on any atom is 0.243 e. The van der Waals surface area contributed by atoms with Crippen molar-refractivity contribution in [3.05, 3.63) is 35.9 Å². The number of benzene rings is 1. The highest BCUT2D eigenvalue weighted by Crippen LogP contribution is 2.06. The van der Waals surface area contributed by atoms with Gasteiger partial charge in [0.2, 0.25) is 17.7 Å². The first-order valence-corrected chi connectivity index (χ1v) is 7.78. The van der Waals surface area contributed by atoms with Crippen molar-refractivity contribution in [1.82, 2.24) is 10.6 Å². The van der Waals surface area contributed by atoms with Crippen LogP contribution in [0.3, 0.4) is 0 Å². The van der Waals surface area contributed by atoms with Crippen LogP contribution in [0.4, 0.5) is 0 Å². The van der Waals surface area contributed by atoms with Gasteiger partial charge < -0.3 is 16.4 Å². The molecule has 1 aromatic carbocycles. The highest BCUT2D eigenvalue weighted by atomic mass is 16.2. The minimum atomic E-state index is -0.808. The van der Waals surface area contributed by atoms with E-state index in [1.807, 2.05) is 30.3 Å². The molecule has 2 atom stereocenters. The molecule has 1 rings (SSSR count). The zero-order chi connectivity index (χ0) is 17.9. The van der Waals surface area contributed by atoms with Crippen molar-refractivity contribution < 1.29 is 14.4 Å². The molecule has 0 aliphatic heterocycles. The van der Waals surface area contributed by atoms with Crippen molar-refractivity contribution in [1.29, 1.82) is 0 Å². The van der Waals surface area contributed by atoms with Gasteiger partial charge >= 0.3 is 0 Å². The molecule has 0 aliphatic carbocycles. The minimum Gasteiger partial charge on any atom is -0.368 e. The van der Waals surface area contributed by atoms with Crippen LogP contribution in [0.2, 0.25) is 0 Å². The van der Waals surface area contributed by atoms with E-state index in [0.29, 0.717) is 25.7 Å². The summed E-state index contributed by atoms with van der Waals surface area (Å²) < 4.78 is 0. The van der Waals surface area contributed by atoms with E-state index < -0.39 is 23.9 Å². The van der Waals surface area contributed by atoms with E-state index in [0.717, 1.165) is 5.56 Å². The Balaban J connectivity index is 2.76. The number of hydrogen-bond donors (Lipinski definition) is 3. The van der Waals surface area contributed by atoms with Gasteiger partial charge in [-0.2, -0.15) is 0 Å². The second kappa shape index (κ2) is 10.1. The van der Waals surface area contributed by atoms with E-state index in [9.17, 15) is 14.4 Å². The number of terminal acetylenes is 1. The van der Waals surface area contributed by atoms with Crippen molar-refractivity contribution in [3.8, 4) is 12.3 Å². The largest absolute Gasteiger partial charge is 0.368 e. The summed E-state index contributed by atoms with van der Waals surface area (Å²) in [6.45, 7) is 1.34. The van der Waals surface area contributed by atoms with Crippen LogP contribution < -0.4 is 16.4 Å². The van der Waals surface area contributed by atoms with Gasteiger partial charge in [0.25, 0.3) is 0 Å². The van der Waals surface area contributed by atoms with Crippen molar-refractivity contribution >= 4 is 17.7 Å². The third kappa shape index (κ3) is 6.97. The van der Waals surface area contributed by atoms with Gasteiger partial charge in [-0.05, 0) is 18.4 Å². The molecule has 3 amide bonds. The molecule has 128 valence electrons. The van der Waals surface area contributed by atoms with E-state index in [1.165, 1.54) is 6.92 Å². The van der Waals surface area contributed by atoms with Crippen LogP contribution in [-0.2, 0) is 20.8 Å². The smallest absolute Gasteiger partial charge is 0.243 e. The molecular formula is C18H23N3O3. The topological polar surface area (TPSA) is 101 Å². The molecule has 0 saturated heterocycles. The van der Waals surface area contributed by atoms with Gasteiger partial charge in [0.1, 0.15) is 12.1 Å². The lowest BCUT2D eigenvalue weighted by Crippen LogP contribution is -2.53. The third-order valence-corrected chi connectivity index (χ3v) is 3.45. The predicted molar refractivity (Wildman–Crippen MR) is 91.6 cm³/mol. The molecular weight excluding hydrogens is 306 g/mol. The van der Waals surface area contributed by atoms with Gasteiger partial charge in [-0.25, -0.2) is 0 Å². The summed E-state index contributed by atoms with van der Waals surface area (Å²) in [5.41, 5.74) is 6.23. The lowest BCUT2D eigenvalue weighted by atomic mass is 10.0. The van der Waals surface area contributed by atoms with Gasteiger partial charge in [-0.1, -0.05) is 30.3 Å².